The van der Waals surface area contributed by atoms with E-state index in [1.807, 2.05) is 0 Å². The van der Waals surface area contributed by atoms with Crippen molar-refractivity contribution in [3.63, 3.8) is 0 Å². The smallest absolute Gasteiger partial charge is 0.00668 e. The van der Waals surface area contributed by atoms with E-state index in [2.05, 4.69) is 60.3 Å². The first-order chi connectivity index (χ1) is 6.90. The van der Waals surface area contributed by atoms with Gasteiger partial charge in [0.25, 0.3) is 0 Å². The lowest BCUT2D eigenvalue weighted by Gasteiger charge is -2.30. The zero-order valence-corrected chi connectivity index (χ0v) is 12.3. The van der Waals surface area contributed by atoms with Crippen molar-refractivity contribution < 1.29 is 0 Å². The van der Waals surface area contributed by atoms with Crippen molar-refractivity contribution in [2.75, 3.05) is 6.54 Å². The first-order valence-corrected chi connectivity index (χ1v) is 6.66. The Morgan fingerprint density at radius 3 is 1.25 bits per heavy atom. The fraction of sp³-hybridized carbons (Fsp3) is 1.00. The molecule has 0 aromatic carbocycles. The van der Waals surface area contributed by atoms with Gasteiger partial charge in [0, 0.05) is 12.1 Å². The summed E-state index contributed by atoms with van der Waals surface area (Å²) in [5, 5.41) is 0. The molecule has 1 nitrogen and oxygen atoms in total. The van der Waals surface area contributed by atoms with Gasteiger partial charge in [-0.15, -0.1) is 0 Å². The van der Waals surface area contributed by atoms with Crippen LogP contribution in [-0.4, -0.2) is 23.5 Å². The fourth-order valence-corrected chi connectivity index (χ4v) is 1.42. The van der Waals surface area contributed by atoms with Gasteiger partial charge in [0.2, 0.25) is 0 Å². The first kappa shape index (κ1) is 21.3. The standard InChI is InChI=1S/C9H21N.C5H12.CH4/c1-6-9(5)10(7-2)8(3)4;1-4-5(2)3;/h8-9H,6-7H2,1-5H3;5H,4H2,1-3H3;1H4/t9-;;/m1../s1. The van der Waals surface area contributed by atoms with Crippen LogP contribution in [0, 0.1) is 5.92 Å². The summed E-state index contributed by atoms with van der Waals surface area (Å²) in [6.45, 7) is 19.1. The molecule has 0 unspecified atom stereocenters. The number of hydrogen-bond acceptors (Lipinski definition) is 1. The Kier molecular flexibility index (Phi) is 17.3. The molecule has 0 radical (unpaired) electrons. The van der Waals surface area contributed by atoms with Gasteiger partial charge in [0.1, 0.15) is 0 Å². The Labute approximate surface area is 106 Å². The average Bonchev–Trinajstić information content (AvgIpc) is 2.18. The van der Waals surface area contributed by atoms with Gasteiger partial charge in [-0.2, -0.15) is 0 Å². The summed E-state index contributed by atoms with van der Waals surface area (Å²) in [6, 6.07) is 1.44. The second-order valence-corrected chi connectivity index (χ2v) is 4.98. The highest BCUT2D eigenvalue weighted by Crippen LogP contribution is 2.06. The van der Waals surface area contributed by atoms with Crippen LogP contribution in [0.25, 0.3) is 0 Å². The van der Waals surface area contributed by atoms with Gasteiger partial charge < -0.3 is 0 Å². The molecule has 0 spiro atoms. The molecule has 0 aliphatic heterocycles. The van der Waals surface area contributed by atoms with Gasteiger partial charge in [-0.05, 0) is 39.7 Å². The summed E-state index contributed by atoms with van der Waals surface area (Å²) < 4.78 is 0. The Bertz CT molecular complexity index is 119. The number of hydrogen-bond donors (Lipinski definition) is 0. The highest BCUT2D eigenvalue weighted by molar-refractivity contribution is 4.67. The highest BCUT2D eigenvalue weighted by atomic mass is 15.2. The van der Waals surface area contributed by atoms with E-state index in [1.165, 1.54) is 19.4 Å². The minimum atomic E-state index is 0. The molecule has 0 N–H and O–H groups in total. The maximum absolute atomic E-state index is 2.51. The molecule has 0 aromatic heterocycles. The van der Waals surface area contributed by atoms with E-state index in [1.54, 1.807) is 0 Å². The van der Waals surface area contributed by atoms with Crippen molar-refractivity contribution in [2.45, 2.75) is 87.7 Å². The van der Waals surface area contributed by atoms with E-state index < -0.39 is 0 Å². The Balaban J connectivity index is -0.000000242. The molecule has 1 atom stereocenters. The SMILES string of the molecule is C.CCC(C)C.CC[C@@H](C)N(CC)C(C)C. The van der Waals surface area contributed by atoms with Crippen molar-refractivity contribution in [3.05, 3.63) is 0 Å². The van der Waals surface area contributed by atoms with Crippen LogP contribution in [0.3, 0.4) is 0 Å². The van der Waals surface area contributed by atoms with Crippen LogP contribution in [0.4, 0.5) is 0 Å². The van der Waals surface area contributed by atoms with Gasteiger partial charge in [0.15, 0.2) is 0 Å². The fourth-order valence-electron chi connectivity index (χ4n) is 1.42. The third kappa shape index (κ3) is 12.0. The molecule has 0 aliphatic rings. The summed E-state index contributed by atoms with van der Waals surface area (Å²) in [4.78, 5) is 2.51. The summed E-state index contributed by atoms with van der Waals surface area (Å²) in [5.74, 6) is 0.884. The third-order valence-corrected chi connectivity index (χ3v) is 3.00. The molecule has 0 saturated heterocycles. The normalized spacial score (nSPS) is 12.2. The van der Waals surface area contributed by atoms with Crippen molar-refractivity contribution in [1.82, 2.24) is 4.90 Å². The minimum absolute atomic E-state index is 0. The van der Waals surface area contributed by atoms with E-state index in [4.69, 9.17) is 0 Å². The lowest BCUT2D eigenvalue weighted by atomic mass is 10.2. The van der Waals surface area contributed by atoms with E-state index in [-0.39, 0.29) is 7.43 Å². The summed E-state index contributed by atoms with van der Waals surface area (Å²) in [6.07, 6.45) is 2.56. The maximum atomic E-state index is 2.51. The van der Waals surface area contributed by atoms with Crippen molar-refractivity contribution >= 4 is 0 Å². The molecular formula is C15H37N. The molecule has 16 heavy (non-hydrogen) atoms. The Morgan fingerprint density at radius 1 is 0.812 bits per heavy atom. The predicted octanol–water partition coefficient (Wildman–Crippen LogP) is 5.20. The van der Waals surface area contributed by atoms with Crippen LogP contribution in [0.5, 0.6) is 0 Å². The summed E-state index contributed by atoms with van der Waals surface area (Å²) >= 11 is 0. The molecule has 0 rings (SSSR count). The van der Waals surface area contributed by atoms with Gasteiger partial charge in [0.05, 0.1) is 0 Å². The molecule has 0 aliphatic carbocycles. The van der Waals surface area contributed by atoms with Gasteiger partial charge in [-0.1, -0.05) is 48.5 Å². The molecule has 1 heteroatoms. The van der Waals surface area contributed by atoms with Gasteiger partial charge in [-0.25, -0.2) is 0 Å². The lowest BCUT2D eigenvalue weighted by Crippen LogP contribution is -2.37. The average molecular weight is 231 g/mol. The Morgan fingerprint density at radius 2 is 1.19 bits per heavy atom. The lowest BCUT2D eigenvalue weighted by molar-refractivity contribution is 0.169. The molecule has 102 valence electrons. The second kappa shape index (κ2) is 13.0. The summed E-state index contributed by atoms with van der Waals surface area (Å²) in [7, 11) is 0. The molecule has 0 saturated carbocycles. The zero-order chi connectivity index (χ0) is 12.4. The van der Waals surface area contributed by atoms with Crippen molar-refractivity contribution in [1.29, 1.82) is 0 Å². The highest BCUT2D eigenvalue weighted by Gasteiger charge is 2.11. The van der Waals surface area contributed by atoms with Crippen LogP contribution in [0.2, 0.25) is 0 Å². The molecule has 0 bridgehead atoms. The van der Waals surface area contributed by atoms with Crippen LogP contribution in [0.1, 0.15) is 75.7 Å². The van der Waals surface area contributed by atoms with Crippen LogP contribution >= 0.6 is 0 Å². The van der Waals surface area contributed by atoms with E-state index in [0.29, 0.717) is 6.04 Å². The van der Waals surface area contributed by atoms with E-state index in [0.717, 1.165) is 12.0 Å². The van der Waals surface area contributed by atoms with Crippen LogP contribution in [0.15, 0.2) is 0 Å². The second-order valence-electron chi connectivity index (χ2n) is 4.98. The van der Waals surface area contributed by atoms with Crippen molar-refractivity contribution in [2.24, 2.45) is 5.92 Å². The van der Waals surface area contributed by atoms with Gasteiger partial charge >= 0.3 is 0 Å². The first-order valence-electron chi connectivity index (χ1n) is 6.66. The molecular weight excluding hydrogens is 194 g/mol. The summed E-state index contributed by atoms with van der Waals surface area (Å²) in [5.41, 5.74) is 0. The minimum Gasteiger partial charge on any atom is -0.299 e. The molecule has 0 heterocycles. The van der Waals surface area contributed by atoms with Crippen LogP contribution in [-0.2, 0) is 0 Å². The molecule has 0 aromatic rings. The predicted molar refractivity (Wildman–Crippen MR) is 79.1 cm³/mol. The van der Waals surface area contributed by atoms with Gasteiger partial charge in [-0.3, -0.25) is 4.90 Å². The van der Waals surface area contributed by atoms with E-state index >= 15 is 0 Å². The molecule has 0 amide bonds. The van der Waals surface area contributed by atoms with E-state index in [9.17, 15) is 0 Å². The maximum Gasteiger partial charge on any atom is 0.00668 e. The largest absolute Gasteiger partial charge is 0.299 e. The monoisotopic (exact) mass is 231 g/mol. The quantitative estimate of drug-likeness (QED) is 0.628. The van der Waals surface area contributed by atoms with Crippen molar-refractivity contribution in [3.8, 4) is 0 Å². The third-order valence-electron chi connectivity index (χ3n) is 3.00. The van der Waals surface area contributed by atoms with Crippen LogP contribution < -0.4 is 0 Å². The topological polar surface area (TPSA) is 3.24 Å². The zero-order valence-electron chi connectivity index (χ0n) is 12.3. The number of rotatable bonds is 5. The Hall–Kier alpha value is -0.0400. The molecule has 0 fully saturated rings. The number of nitrogens with zero attached hydrogens (tertiary/aromatic N) is 1.